The number of hydrogen-bond donors (Lipinski definition) is 2. The fourth-order valence-corrected chi connectivity index (χ4v) is 0.587. The van der Waals surface area contributed by atoms with E-state index < -0.39 is 5.97 Å². The topological polar surface area (TPSA) is 63.3 Å². The Morgan fingerprint density at radius 2 is 2.56 bits per heavy atom. The van der Waals surface area contributed by atoms with Gasteiger partial charge in [0.15, 0.2) is 11.5 Å². The number of oxazole rings is 1. The number of thiol groups is 1. The highest BCUT2D eigenvalue weighted by molar-refractivity contribution is 7.80. The molecule has 0 radical (unpaired) electrons. The number of aromatic carboxylic acids is 1. The molecule has 48 valence electrons. The van der Waals surface area contributed by atoms with Crippen molar-refractivity contribution in [3.05, 3.63) is 12.1 Å². The molecule has 5 heteroatoms. The Hall–Kier alpha value is -0.970. The Balaban J connectivity index is 3.08. The summed E-state index contributed by atoms with van der Waals surface area (Å²) in [5.74, 6) is -1.13. The Bertz CT molecular complexity index is 231. The van der Waals surface area contributed by atoms with E-state index in [0.717, 1.165) is 6.39 Å². The zero-order valence-corrected chi connectivity index (χ0v) is 5.13. The van der Waals surface area contributed by atoms with Crippen LogP contribution in [0.15, 0.2) is 15.9 Å². The number of nitrogens with zero attached hydrogens (tertiary/aromatic N) is 1. The van der Waals surface area contributed by atoms with Crippen molar-refractivity contribution in [3.8, 4) is 0 Å². The number of rotatable bonds is 1. The van der Waals surface area contributed by atoms with Crippen LogP contribution in [0.2, 0.25) is 0 Å². The number of hydrogen-bond acceptors (Lipinski definition) is 4. The zero-order chi connectivity index (χ0) is 6.85. The molecule has 1 aromatic rings. The summed E-state index contributed by atoms with van der Waals surface area (Å²) in [4.78, 5) is 13.5. The summed E-state index contributed by atoms with van der Waals surface area (Å²) in [6.45, 7) is 0. The van der Waals surface area contributed by atoms with Gasteiger partial charge in [-0.1, -0.05) is 0 Å². The van der Waals surface area contributed by atoms with Gasteiger partial charge in [-0.3, -0.25) is 0 Å². The van der Waals surface area contributed by atoms with Crippen molar-refractivity contribution in [1.82, 2.24) is 4.98 Å². The molecule has 0 aliphatic heterocycles. The molecular formula is C4H3NO3S. The third-order valence-electron chi connectivity index (χ3n) is 0.751. The second-order valence-corrected chi connectivity index (χ2v) is 1.72. The van der Waals surface area contributed by atoms with Crippen LogP contribution >= 0.6 is 12.6 Å². The smallest absolute Gasteiger partial charge is 0.359 e. The van der Waals surface area contributed by atoms with Gasteiger partial charge in [0.05, 0.1) is 0 Å². The van der Waals surface area contributed by atoms with Crippen molar-refractivity contribution in [2.24, 2.45) is 0 Å². The van der Waals surface area contributed by atoms with Crippen molar-refractivity contribution in [1.29, 1.82) is 0 Å². The summed E-state index contributed by atoms with van der Waals surface area (Å²) >= 11 is 3.68. The lowest BCUT2D eigenvalue weighted by Crippen LogP contribution is -1.96. The molecular weight excluding hydrogens is 142 g/mol. The second-order valence-electron chi connectivity index (χ2n) is 1.31. The van der Waals surface area contributed by atoms with Crippen LogP contribution < -0.4 is 0 Å². The van der Waals surface area contributed by atoms with E-state index in [1.54, 1.807) is 0 Å². The molecule has 0 atom stereocenters. The van der Waals surface area contributed by atoms with Gasteiger partial charge in [-0.25, -0.2) is 9.78 Å². The maximum absolute atomic E-state index is 10.1. The molecule has 0 unspecified atom stereocenters. The van der Waals surface area contributed by atoms with Crippen LogP contribution in [0.3, 0.4) is 0 Å². The van der Waals surface area contributed by atoms with Crippen molar-refractivity contribution in [2.75, 3.05) is 0 Å². The van der Waals surface area contributed by atoms with Gasteiger partial charge in [0.1, 0.15) is 0 Å². The Morgan fingerprint density at radius 3 is 2.78 bits per heavy atom. The van der Waals surface area contributed by atoms with E-state index in [9.17, 15) is 4.79 Å². The van der Waals surface area contributed by atoms with Crippen LogP contribution in [0, 0.1) is 0 Å². The second kappa shape index (κ2) is 2.10. The van der Waals surface area contributed by atoms with Gasteiger partial charge in [0.2, 0.25) is 5.69 Å². The van der Waals surface area contributed by atoms with Gasteiger partial charge in [0, 0.05) is 0 Å². The van der Waals surface area contributed by atoms with E-state index in [1.807, 2.05) is 0 Å². The van der Waals surface area contributed by atoms with Gasteiger partial charge in [-0.05, 0) is 0 Å². The third-order valence-corrected chi connectivity index (χ3v) is 1.07. The fourth-order valence-electron chi connectivity index (χ4n) is 0.387. The van der Waals surface area contributed by atoms with Gasteiger partial charge in [0.25, 0.3) is 0 Å². The molecule has 0 amide bonds. The molecule has 1 heterocycles. The molecule has 1 aromatic heterocycles. The maximum Gasteiger partial charge on any atom is 0.359 e. The Labute approximate surface area is 55.9 Å². The molecule has 0 fully saturated rings. The summed E-state index contributed by atoms with van der Waals surface area (Å²) in [5, 5.41) is 8.31. The summed E-state index contributed by atoms with van der Waals surface area (Å²) in [5.41, 5.74) is -0.154. The molecule has 0 bridgehead atoms. The lowest BCUT2D eigenvalue weighted by Gasteiger charge is -1.82. The first kappa shape index (κ1) is 6.15. The Morgan fingerprint density at radius 1 is 1.89 bits per heavy atom. The van der Waals surface area contributed by atoms with E-state index >= 15 is 0 Å². The predicted octanol–water partition coefficient (Wildman–Crippen LogP) is 0.661. The SMILES string of the molecule is O=C(O)c1ncoc1S. The minimum Gasteiger partial charge on any atom is -0.476 e. The Kier molecular flexibility index (Phi) is 1.44. The number of carboxylic acid groups (broad SMARTS) is 1. The normalized spacial score (nSPS) is 9.44. The van der Waals surface area contributed by atoms with E-state index in [0.29, 0.717) is 0 Å². The highest BCUT2D eigenvalue weighted by Gasteiger charge is 2.10. The van der Waals surface area contributed by atoms with Crippen LogP contribution in [-0.2, 0) is 0 Å². The molecule has 0 saturated carbocycles. The average molecular weight is 145 g/mol. The summed E-state index contributed by atoms with van der Waals surface area (Å²) in [6.07, 6.45) is 1.03. The minimum absolute atomic E-state index is 0.0301. The fraction of sp³-hybridized carbons (Fsp3) is 0. The van der Waals surface area contributed by atoms with Crippen molar-refractivity contribution >= 4 is 18.6 Å². The molecule has 1 rings (SSSR count). The summed E-state index contributed by atoms with van der Waals surface area (Å²) < 4.78 is 4.50. The quantitative estimate of drug-likeness (QED) is 0.570. The van der Waals surface area contributed by atoms with Crippen molar-refractivity contribution in [3.63, 3.8) is 0 Å². The van der Waals surface area contributed by atoms with Gasteiger partial charge >= 0.3 is 5.97 Å². The molecule has 9 heavy (non-hydrogen) atoms. The van der Waals surface area contributed by atoms with Crippen molar-refractivity contribution in [2.45, 2.75) is 5.09 Å². The van der Waals surface area contributed by atoms with Crippen LogP contribution in [0.1, 0.15) is 10.5 Å². The van der Waals surface area contributed by atoms with E-state index in [-0.39, 0.29) is 10.8 Å². The summed E-state index contributed by atoms with van der Waals surface area (Å²) in [6, 6.07) is 0. The molecule has 0 saturated heterocycles. The molecule has 0 aliphatic rings. The highest BCUT2D eigenvalue weighted by atomic mass is 32.1. The maximum atomic E-state index is 10.1. The summed E-state index contributed by atoms with van der Waals surface area (Å²) in [7, 11) is 0. The van der Waals surface area contributed by atoms with Crippen LogP contribution in [0.5, 0.6) is 0 Å². The predicted molar refractivity (Wildman–Crippen MR) is 30.7 cm³/mol. The van der Waals surface area contributed by atoms with Gasteiger partial charge in [-0.2, -0.15) is 0 Å². The number of carboxylic acids is 1. The first-order valence-electron chi connectivity index (χ1n) is 2.07. The van der Waals surface area contributed by atoms with Crippen LogP contribution in [0.4, 0.5) is 0 Å². The molecule has 4 nitrogen and oxygen atoms in total. The van der Waals surface area contributed by atoms with E-state index in [2.05, 4.69) is 22.0 Å². The van der Waals surface area contributed by atoms with Gasteiger partial charge < -0.3 is 9.52 Å². The monoisotopic (exact) mass is 145 g/mol. The first-order valence-corrected chi connectivity index (χ1v) is 2.52. The van der Waals surface area contributed by atoms with E-state index in [1.165, 1.54) is 0 Å². The first-order chi connectivity index (χ1) is 4.22. The van der Waals surface area contributed by atoms with E-state index in [4.69, 9.17) is 5.11 Å². The van der Waals surface area contributed by atoms with Crippen molar-refractivity contribution < 1.29 is 14.3 Å². The lowest BCUT2D eigenvalue weighted by molar-refractivity contribution is 0.0685. The minimum atomic E-state index is -1.13. The number of aromatic nitrogens is 1. The molecule has 0 spiro atoms. The van der Waals surface area contributed by atoms with Crippen LogP contribution in [0.25, 0.3) is 0 Å². The van der Waals surface area contributed by atoms with Crippen LogP contribution in [-0.4, -0.2) is 16.1 Å². The number of carbonyl (C=O) groups is 1. The molecule has 1 N–H and O–H groups in total. The zero-order valence-electron chi connectivity index (χ0n) is 4.24. The molecule has 0 aromatic carbocycles. The molecule has 0 aliphatic carbocycles. The third kappa shape index (κ3) is 1.05. The lowest BCUT2D eigenvalue weighted by atomic mass is 10.5. The largest absolute Gasteiger partial charge is 0.476 e. The standard InChI is InChI=1S/C4H3NO3S/c6-3(7)2-4(9)8-1-5-2/h1,9H,(H,6,7). The average Bonchev–Trinajstić information content (AvgIpc) is 2.13. The van der Waals surface area contributed by atoms with Gasteiger partial charge in [-0.15, -0.1) is 12.6 Å². The highest BCUT2D eigenvalue weighted by Crippen LogP contribution is 2.09.